The molecule has 10 nitrogen and oxygen atoms in total. The molecule has 26 heavy (non-hydrogen) atoms. The number of ether oxygens (including phenoxy) is 1. The van der Waals surface area contributed by atoms with E-state index >= 15 is 0 Å². The van der Waals surface area contributed by atoms with Gasteiger partial charge in [-0.05, 0) is 17.7 Å². The Kier molecular flexibility index (Phi) is 3.96. The number of benzene rings is 1. The molecular weight excluding hydrogens is 344 g/mol. The number of imidazole rings is 1. The number of rotatable bonds is 3. The van der Waals surface area contributed by atoms with Crippen LogP contribution in [0, 0.1) is 0 Å². The second kappa shape index (κ2) is 6.18. The maximum absolute atomic E-state index is 11.8. The minimum atomic E-state index is -1.39. The molecule has 0 unspecified atom stereocenters. The summed E-state index contributed by atoms with van der Waals surface area (Å²) in [6, 6.07) is 5.77. The number of nitrogens with zero attached hydrogens (tertiary/aromatic N) is 3. The van der Waals surface area contributed by atoms with Crippen molar-refractivity contribution in [2.75, 3.05) is 0 Å². The fourth-order valence-corrected chi connectivity index (χ4v) is 3.09. The lowest BCUT2D eigenvalue weighted by Gasteiger charge is -2.21. The Morgan fingerprint density at radius 2 is 1.88 bits per heavy atom. The van der Waals surface area contributed by atoms with Crippen LogP contribution in [0.5, 0.6) is 5.75 Å². The van der Waals surface area contributed by atoms with Crippen molar-refractivity contribution < 1.29 is 25.2 Å². The molecule has 1 aliphatic rings. The molecule has 0 spiro atoms. The third kappa shape index (κ3) is 2.56. The lowest BCUT2D eigenvalue weighted by molar-refractivity contribution is -0.0849. The molecule has 3 heterocycles. The molecule has 5 N–H and O–H groups in total. The maximum Gasteiger partial charge on any atom is 0.278 e. The monoisotopic (exact) mass is 360 g/mol. The number of aromatic hydroxyl groups is 1. The number of nitrogens with one attached hydrogen (secondary N) is 1. The Balaban J connectivity index is 1.66. The van der Waals surface area contributed by atoms with Crippen LogP contribution in [-0.4, -0.2) is 58.3 Å². The van der Waals surface area contributed by atoms with Crippen LogP contribution in [0.1, 0.15) is 17.9 Å². The van der Waals surface area contributed by atoms with E-state index in [-0.39, 0.29) is 16.9 Å². The van der Waals surface area contributed by atoms with Crippen LogP contribution in [0.15, 0.2) is 41.7 Å². The first-order valence-electron chi connectivity index (χ1n) is 7.86. The van der Waals surface area contributed by atoms with E-state index in [4.69, 9.17) is 4.74 Å². The Bertz CT molecular complexity index is 984. The molecule has 1 fully saturated rings. The highest BCUT2D eigenvalue weighted by Gasteiger charge is 2.47. The molecule has 0 aliphatic carbocycles. The SMILES string of the molecule is O=c1[nH]cnc2c1ncn2[C@@H]1O[C@H]([C@H](O)c2ccc(O)cc2)[C@@H](O)[C@H]1O. The highest BCUT2D eigenvalue weighted by atomic mass is 16.6. The molecular formula is C16H16N4O6. The molecule has 136 valence electrons. The van der Waals surface area contributed by atoms with E-state index in [9.17, 15) is 25.2 Å². The van der Waals surface area contributed by atoms with E-state index in [2.05, 4.69) is 15.0 Å². The zero-order valence-corrected chi connectivity index (χ0v) is 13.3. The number of aliphatic hydroxyl groups is 3. The molecule has 1 aliphatic heterocycles. The van der Waals surface area contributed by atoms with Crippen molar-refractivity contribution in [3.05, 3.63) is 52.8 Å². The summed E-state index contributed by atoms with van der Waals surface area (Å²) in [5.74, 6) is 0.0351. The normalized spacial score (nSPS) is 27.0. The standard InChI is InChI=1S/C16H16N4O6/c21-8-3-1-7(2-4-8)10(22)13-11(23)12(24)16(26-13)20-6-19-9-14(20)17-5-18-15(9)25/h1-6,10-13,16,21-24H,(H,17,18,25)/t10-,11+,12-,13-,16-/m1/s1. The van der Waals surface area contributed by atoms with E-state index < -0.39 is 36.2 Å². The number of fused-ring (bicyclic) bond motifs is 1. The zero-order valence-electron chi connectivity index (χ0n) is 13.3. The van der Waals surface area contributed by atoms with Crippen molar-refractivity contribution in [3.8, 4) is 5.75 Å². The van der Waals surface area contributed by atoms with Crippen molar-refractivity contribution in [1.29, 1.82) is 0 Å². The maximum atomic E-state index is 11.8. The number of hydrogen-bond acceptors (Lipinski definition) is 8. The molecule has 0 bridgehead atoms. The van der Waals surface area contributed by atoms with Crippen LogP contribution < -0.4 is 5.56 Å². The van der Waals surface area contributed by atoms with Gasteiger partial charge in [-0.3, -0.25) is 9.36 Å². The highest BCUT2D eigenvalue weighted by Crippen LogP contribution is 2.37. The fraction of sp³-hybridized carbons (Fsp3) is 0.312. The summed E-state index contributed by atoms with van der Waals surface area (Å²) in [6.45, 7) is 0. The average molecular weight is 360 g/mol. The summed E-state index contributed by atoms with van der Waals surface area (Å²) in [5, 5.41) is 40.6. The van der Waals surface area contributed by atoms with E-state index in [0.29, 0.717) is 5.56 Å². The van der Waals surface area contributed by atoms with E-state index in [0.717, 1.165) is 0 Å². The summed E-state index contributed by atoms with van der Waals surface area (Å²) in [4.78, 5) is 22.1. The van der Waals surface area contributed by atoms with Crippen LogP contribution in [0.2, 0.25) is 0 Å². The smallest absolute Gasteiger partial charge is 0.278 e. The Labute approximate surface area is 146 Å². The van der Waals surface area contributed by atoms with Crippen molar-refractivity contribution in [2.45, 2.75) is 30.6 Å². The van der Waals surface area contributed by atoms with Crippen LogP contribution >= 0.6 is 0 Å². The van der Waals surface area contributed by atoms with Crippen LogP contribution in [0.4, 0.5) is 0 Å². The van der Waals surface area contributed by atoms with Crippen LogP contribution in [0.25, 0.3) is 11.2 Å². The number of phenolic OH excluding ortho intramolecular Hbond substituents is 1. The van der Waals surface area contributed by atoms with Gasteiger partial charge in [0, 0.05) is 0 Å². The lowest BCUT2D eigenvalue weighted by atomic mass is 9.99. The Morgan fingerprint density at radius 3 is 2.62 bits per heavy atom. The quantitative estimate of drug-likeness (QED) is 0.406. The summed E-state index contributed by atoms with van der Waals surface area (Å²) in [6.07, 6.45) is -3.73. The van der Waals surface area contributed by atoms with Gasteiger partial charge in [0.25, 0.3) is 5.56 Å². The van der Waals surface area contributed by atoms with Gasteiger partial charge in [-0.25, -0.2) is 9.97 Å². The van der Waals surface area contributed by atoms with Crippen molar-refractivity contribution in [1.82, 2.24) is 19.5 Å². The highest BCUT2D eigenvalue weighted by molar-refractivity contribution is 5.68. The van der Waals surface area contributed by atoms with Gasteiger partial charge in [-0.1, -0.05) is 12.1 Å². The number of hydrogen-bond donors (Lipinski definition) is 5. The van der Waals surface area contributed by atoms with Crippen LogP contribution in [-0.2, 0) is 4.74 Å². The number of aromatic amines is 1. The van der Waals surface area contributed by atoms with Gasteiger partial charge in [-0.2, -0.15) is 0 Å². The molecule has 0 saturated carbocycles. The van der Waals surface area contributed by atoms with Gasteiger partial charge in [0.2, 0.25) is 0 Å². The first-order valence-corrected chi connectivity index (χ1v) is 7.86. The van der Waals surface area contributed by atoms with Gasteiger partial charge in [0.1, 0.15) is 30.2 Å². The summed E-state index contributed by atoms with van der Waals surface area (Å²) >= 11 is 0. The van der Waals surface area contributed by atoms with Crippen LogP contribution in [0.3, 0.4) is 0 Å². The minimum Gasteiger partial charge on any atom is -0.508 e. The average Bonchev–Trinajstić information content (AvgIpc) is 3.18. The van der Waals surface area contributed by atoms with Crippen molar-refractivity contribution in [3.63, 3.8) is 0 Å². The van der Waals surface area contributed by atoms with Gasteiger partial charge in [0.05, 0.1) is 12.7 Å². The molecule has 1 saturated heterocycles. The van der Waals surface area contributed by atoms with E-state index in [1.54, 1.807) is 0 Å². The molecule has 5 atom stereocenters. The Hall–Kier alpha value is -2.79. The number of H-pyrrole nitrogens is 1. The van der Waals surface area contributed by atoms with Gasteiger partial charge < -0.3 is 30.1 Å². The largest absolute Gasteiger partial charge is 0.508 e. The second-order valence-corrected chi connectivity index (χ2v) is 6.06. The molecule has 0 amide bonds. The first kappa shape index (κ1) is 16.7. The summed E-state index contributed by atoms with van der Waals surface area (Å²) < 4.78 is 7.02. The minimum absolute atomic E-state index is 0.0351. The molecule has 0 radical (unpaired) electrons. The van der Waals surface area contributed by atoms with E-state index in [1.165, 1.54) is 41.5 Å². The predicted molar refractivity (Wildman–Crippen MR) is 87.1 cm³/mol. The molecule has 3 aromatic rings. The molecule has 2 aromatic heterocycles. The number of aliphatic hydroxyl groups excluding tert-OH is 3. The third-order valence-corrected chi connectivity index (χ3v) is 4.46. The van der Waals surface area contributed by atoms with Gasteiger partial charge in [-0.15, -0.1) is 0 Å². The fourth-order valence-electron chi connectivity index (χ4n) is 3.09. The summed E-state index contributed by atoms with van der Waals surface area (Å²) in [7, 11) is 0. The molecule has 10 heteroatoms. The van der Waals surface area contributed by atoms with Gasteiger partial charge >= 0.3 is 0 Å². The van der Waals surface area contributed by atoms with Crippen molar-refractivity contribution in [2.24, 2.45) is 0 Å². The summed E-state index contributed by atoms with van der Waals surface area (Å²) in [5.41, 5.74) is 0.220. The molecule has 4 rings (SSSR count). The second-order valence-electron chi connectivity index (χ2n) is 6.06. The third-order valence-electron chi connectivity index (χ3n) is 4.46. The topological polar surface area (TPSA) is 154 Å². The van der Waals surface area contributed by atoms with Crippen molar-refractivity contribution >= 4 is 11.2 Å². The van der Waals surface area contributed by atoms with E-state index in [1.807, 2.05) is 0 Å². The predicted octanol–water partition coefficient (Wildman–Crippen LogP) is -0.822. The van der Waals surface area contributed by atoms with Gasteiger partial charge in [0.15, 0.2) is 17.4 Å². The Morgan fingerprint density at radius 1 is 1.15 bits per heavy atom. The number of phenols is 1. The lowest BCUT2D eigenvalue weighted by Crippen LogP contribution is -2.34. The molecule has 1 aromatic carbocycles. The number of aromatic nitrogens is 4. The zero-order chi connectivity index (χ0) is 18.4. The first-order chi connectivity index (χ1) is 12.5.